The van der Waals surface area contributed by atoms with Gasteiger partial charge in [-0.05, 0) is 28.2 Å². The molecule has 1 aromatic heterocycles. The van der Waals surface area contributed by atoms with E-state index >= 15 is 0 Å². The van der Waals surface area contributed by atoms with Crippen molar-refractivity contribution < 1.29 is 0 Å². The number of aromatic nitrogens is 1. The minimum absolute atomic E-state index is 0.686. The highest BCUT2D eigenvalue weighted by molar-refractivity contribution is 14.1. The summed E-state index contributed by atoms with van der Waals surface area (Å²) in [4.78, 5) is 3.93. The molecule has 0 atom stereocenters. The van der Waals surface area contributed by atoms with Crippen molar-refractivity contribution in [3.8, 4) is 6.07 Å². The van der Waals surface area contributed by atoms with Crippen LogP contribution in [0.1, 0.15) is 11.1 Å². The van der Waals surface area contributed by atoms with Gasteiger partial charge in [-0.1, -0.05) is 22.6 Å². The maximum atomic E-state index is 8.68. The highest BCUT2D eigenvalue weighted by Crippen LogP contribution is 2.17. The Morgan fingerprint density at radius 1 is 1.55 bits per heavy atom. The highest BCUT2D eigenvalue weighted by Gasteiger charge is 2.03. The molecule has 0 spiro atoms. The lowest BCUT2D eigenvalue weighted by atomic mass is 10.2. The Hall–Kier alpha value is 0.100. The monoisotopic (exact) mass is 370 g/mol. The van der Waals surface area contributed by atoms with E-state index in [1.165, 1.54) is 0 Å². The van der Waals surface area contributed by atoms with Crippen LogP contribution in [0.4, 0.5) is 0 Å². The second-order valence-corrected chi connectivity index (χ2v) is 3.82. The van der Waals surface area contributed by atoms with E-state index in [0.29, 0.717) is 5.56 Å². The van der Waals surface area contributed by atoms with Crippen molar-refractivity contribution in [1.82, 2.24) is 4.98 Å². The molecule has 0 aliphatic carbocycles. The molecule has 0 aliphatic rings. The van der Waals surface area contributed by atoms with Gasteiger partial charge in [0.15, 0.2) is 0 Å². The first-order valence-corrected chi connectivity index (χ1v) is 5.48. The Balaban J connectivity index is 3.27. The molecule has 1 rings (SSSR count). The van der Waals surface area contributed by atoms with Gasteiger partial charge in [0.05, 0.1) is 5.56 Å². The van der Waals surface area contributed by atoms with Crippen molar-refractivity contribution in [2.24, 2.45) is 0 Å². The van der Waals surface area contributed by atoms with Crippen LogP contribution in [0, 0.1) is 14.9 Å². The summed E-state index contributed by atoms with van der Waals surface area (Å²) < 4.78 is 1.93. The number of pyridine rings is 1. The first-order chi connectivity index (χ1) is 5.29. The molecule has 0 saturated heterocycles. The second-order valence-electron chi connectivity index (χ2n) is 1.89. The molecular weight excluding hydrogens is 366 g/mol. The average molecular weight is 370 g/mol. The molecule has 56 valence electrons. The minimum atomic E-state index is 0.686. The average Bonchev–Trinajstić information content (AvgIpc) is 2.04. The molecule has 0 fully saturated rings. The number of hydrogen-bond acceptors (Lipinski definition) is 2. The van der Waals surface area contributed by atoms with E-state index in [-0.39, 0.29) is 0 Å². The van der Waals surface area contributed by atoms with E-state index in [9.17, 15) is 0 Å². The number of nitrogens with zero attached hydrogens (tertiary/aromatic N) is 2. The van der Waals surface area contributed by atoms with Gasteiger partial charge in [-0.3, -0.25) is 4.98 Å². The molecule has 11 heavy (non-hydrogen) atoms. The fourth-order valence-electron chi connectivity index (χ4n) is 0.694. The van der Waals surface area contributed by atoms with Gasteiger partial charge in [-0.25, -0.2) is 0 Å². The zero-order valence-corrected chi connectivity index (χ0v) is 9.83. The molecule has 1 aromatic rings. The highest BCUT2D eigenvalue weighted by atomic mass is 127. The van der Waals surface area contributed by atoms with Crippen molar-refractivity contribution in [1.29, 1.82) is 5.26 Å². The van der Waals surface area contributed by atoms with Gasteiger partial charge in [0.1, 0.15) is 6.07 Å². The Bertz CT molecular complexity index is 304. The lowest BCUT2D eigenvalue weighted by molar-refractivity contribution is 1.22. The predicted molar refractivity (Wildman–Crippen MR) is 59.4 cm³/mol. The number of alkyl halides is 1. The predicted octanol–water partition coefficient (Wildman–Crippen LogP) is 2.49. The summed E-state index contributed by atoms with van der Waals surface area (Å²) in [6.07, 6.45) is 3.38. The molecule has 0 amide bonds. The molecule has 0 radical (unpaired) electrons. The molecule has 0 aromatic carbocycles. The largest absolute Gasteiger partial charge is 0.262 e. The van der Waals surface area contributed by atoms with Crippen LogP contribution in [0.2, 0.25) is 0 Å². The third-order valence-corrected chi connectivity index (χ3v) is 2.95. The van der Waals surface area contributed by atoms with Crippen molar-refractivity contribution in [3.63, 3.8) is 0 Å². The van der Waals surface area contributed by atoms with Crippen molar-refractivity contribution in [2.45, 2.75) is 4.43 Å². The first kappa shape index (κ1) is 9.19. The van der Waals surface area contributed by atoms with Gasteiger partial charge in [-0.15, -0.1) is 0 Å². The molecule has 0 N–H and O–H groups in total. The quantitative estimate of drug-likeness (QED) is 0.563. The van der Waals surface area contributed by atoms with Crippen molar-refractivity contribution in [3.05, 3.63) is 27.1 Å². The van der Waals surface area contributed by atoms with Gasteiger partial charge in [0.2, 0.25) is 0 Å². The van der Waals surface area contributed by atoms with E-state index in [0.717, 1.165) is 13.6 Å². The smallest absolute Gasteiger partial charge is 0.101 e. The molecule has 0 unspecified atom stereocenters. The Morgan fingerprint density at radius 2 is 2.27 bits per heavy atom. The van der Waals surface area contributed by atoms with Crippen LogP contribution >= 0.6 is 45.2 Å². The zero-order chi connectivity index (χ0) is 8.27. The van der Waals surface area contributed by atoms with E-state index in [4.69, 9.17) is 5.26 Å². The van der Waals surface area contributed by atoms with E-state index in [1.807, 2.05) is 0 Å². The maximum absolute atomic E-state index is 8.68. The molecule has 2 nitrogen and oxygen atoms in total. The van der Waals surface area contributed by atoms with Crippen LogP contribution in [0.5, 0.6) is 0 Å². The lowest BCUT2D eigenvalue weighted by Crippen LogP contribution is -1.91. The van der Waals surface area contributed by atoms with Crippen LogP contribution in [0.15, 0.2) is 12.4 Å². The Kier molecular flexibility index (Phi) is 3.51. The summed E-state index contributed by atoms with van der Waals surface area (Å²) >= 11 is 4.44. The normalized spacial score (nSPS) is 9.18. The molecule has 0 aliphatic heterocycles. The fraction of sp³-hybridized carbons (Fsp3) is 0.143. The first-order valence-electron chi connectivity index (χ1n) is 2.88. The van der Waals surface area contributed by atoms with E-state index in [1.54, 1.807) is 12.4 Å². The summed E-state index contributed by atoms with van der Waals surface area (Å²) in [6.45, 7) is 0. The fourth-order valence-corrected chi connectivity index (χ4v) is 2.89. The number of nitriles is 1. The summed E-state index contributed by atoms with van der Waals surface area (Å²) in [6, 6.07) is 2.12. The third kappa shape index (κ3) is 2.02. The summed E-state index contributed by atoms with van der Waals surface area (Å²) in [5, 5.41) is 8.68. The van der Waals surface area contributed by atoms with Crippen LogP contribution in [0.3, 0.4) is 0 Å². The molecule has 4 heteroatoms. The molecule has 0 saturated carbocycles. The number of hydrogen-bond donors (Lipinski definition) is 0. The topological polar surface area (TPSA) is 36.7 Å². The number of halogens is 2. The van der Waals surface area contributed by atoms with Crippen LogP contribution in [-0.4, -0.2) is 4.98 Å². The Labute approximate surface area is 92.3 Å². The number of rotatable bonds is 1. The molecule has 1 heterocycles. The van der Waals surface area contributed by atoms with Gasteiger partial charge < -0.3 is 0 Å². The molecule has 0 bridgehead atoms. The van der Waals surface area contributed by atoms with E-state index in [2.05, 4.69) is 56.2 Å². The lowest BCUT2D eigenvalue weighted by Gasteiger charge is -1.99. The third-order valence-electron chi connectivity index (χ3n) is 1.26. The van der Waals surface area contributed by atoms with Crippen LogP contribution in [-0.2, 0) is 4.43 Å². The summed E-state index contributed by atoms with van der Waals surface area (Å²) in [5.41, 5.74) is 1.77. The summed E-state index contributed by atoms with van der Waals surface area (Å²) in [5.74, 6) is 0. The maximum Gasteiger partial charge on any atom is 0.101 e. The zero-order valence-electron chi connectivity index (χ0n) is 5.51. The van der Waals surface area contributed by atoms with Crippen molar-refractivity contribution in [2.75, 3.05) is 0 Å². The molecular formula is C7H4I2N2. The van der Waals surface area contributed by atoms with Gasteiger partial charge >= 0.3 is 0 Å². The second kappa shape index (κ2) is 4.21. The summed E-state index contributed by atoms with van der Waals surface area (Å²) in [7, 11) is 0. The van der Waals surface area contributed by atoms with Crippen LogP contribution < -0.4 is 0 Å². The van der Waals surface area contributed by atoms with Gasteiger partial charge in [-0.2, -0.15) is 5.26 Å². The van der Waals surface area contributed by atoms with Crippen molar-refractivity contribution >= 4 is 45.2 Å². The standard InChI is InChI=1S/C7H4I2N2/c8-1-6-5(2-10)3-11-4-7(6)9/h3-4H,1H2. The SMILES string of the molecule is N#Cc1cncc(I)c1CI. The van der Waals surface area contributed by atoms with Crippen LogP contribution in [0.25, 0.3) is 0 Å². The van der Waals surface area contributed by atoms with E-state index < -0.39 is 0 Å². The minimum Gasteiger partial charge on any atom is -0.262 e. The Morgan fingerprint density at radius 3 is 2.73 bits per heavy atom. The van der Waals surface area contributed by atoms with Gasteiger partial charge in [0.25, 0.3) is 0 Å². The van der Waals surface area contributed by atoms with Gasteiger partial charge in [0, 0.05) is 20.4 Å².